The zero-order valence-electron chi connectivity index (χ0n) is 13.7. The lowest BCUT2D eigenvalue weighted by Crippen LogP contribution is -2.63. The maximum atomic E-state index is 12.6. The van der Waals surface area contributed by atoms with Crippen molar-refractivity contribution in [2.24, 2.45) is 11.8 Å². The highest BCUT2D eigenvalue weighted by molar-refractivity contribution is 6.33. The first-order valence-electron chi connectivity index (χ1n) is 8.58. The van der Waals surface area contributed by atoms with Crippen LogP contribution in [-0.4, -0.2) is 36.1 Å². The molecule has 5 nitrogen and oxygen atoms in total. The van der Waals surface area contributed by atoms with Gasteiger partial charge in [0.25, 0.3) is 0 Å². The molecule has 2 atom stereocenters. The maximum absolute atomic E-state index is 12.6. The van der Waals surface area contributed by atoms with Crippen molar-refractivity contribution in [3.05, 3.63) is 23.2 Å². The summed E-state index contributed by atoms with van der Waals surface area (Å²) in [6.07, 6.45) is 3.37. The molecular formula is C18H21ClN4O. The summed E-state index contributed by atoms with van der Waals surface area (Å²) in [5.41, 5.74) is 1.65. The molecule has 4 aliphatic rings. The SMILES string of the molecule is CC1CC2CC(C1)N2C(=O)Nc1ccc(Cl)c(N2CC(C#N)C2)c1. The smallest absolute Gasteiger partial charge is 0.322 e. The molecule has 1 N–H and O–H groups in total. The molecule has 3 aliphatic heterocycles. The zero-order valence-corrected chi connectivity index (χ0v) is 14.5. The van der Waals surface area contributed by atoms with Crippen molar-refractivity contribution in [2.45, 2.75) is 38.3 Å². The number of benzene rings is 1. The van der Waals surface area contributed by atoms with Crippen molar-refractivity contribution in [3.63, 3.8) is 0 Å². The number of carbonyl (C=O) groups excluding carboxylic acids is 1. The van der Waals surface area contributed by atoms with E-state index in [1.165, 1.54) is 0 Å². The number of carbonyl (C=O) groups is 1. The van der Waals surface area contributed by atoms with E-state index < -0.39 is 0 Å². The fourth-order valence-electron chi connectivity index (χ4n) is 4.26. The van der Waals surface area contributed by atoms with Crippen LogP contribution in [0, 0.1) is 23.2 Å². The third-order valence-electron chi connectivity index (χ3n) is 5.52. The number of hydrogen-bond donors (Lipinski definition) is 1. The van der Waals surface area contributed by atoms with Crippen LogP contribution in [0.1, 0.15) is 26.2 Å². The van der Waals surface area contributed by atoms with E-state index in [2.05, 4.69) is 23.2 Å². The minimum absolute atomic E-state index is 0.00469. The van der Waals surface area contributed by atoms with E-state index in [4.69, 9.17) is 16.9 Å². The monoisotopic (exact) mass is 344 g/mol. The van der Waals surface area contributed by atoms with Gasteiger partial charge in [-0.1, -0.05) is 18.5 Å². The first kappa shape index (κ1) is 15.6. The molecule has 1 aromatic carbocycles. The minimum atomic E-state index is -0.00469. The van der Waals surface area contributed by atoms with Crippen LogP contribution >= 0.6 is 11.6 Å². The second kappa shape index (κ2) is 5.86. The van der Waals surface area contributed by atoms with Crippen LogP contribution in [0.15, 0.2) is 18.2 Å². The van der Waals surface area contributed by atoms with Gasteiger partial charge in [-0.25, -0.2) is 4.79 Å². The molecule has 3 heterocycles. The average Bonchev–Trinajstić information content (AvgIpc) is 2.48. The molecule has 24 heavy (non-hydrogen) atoms. The second-order valence-corrected chi connectivity index (χ2v) is 7.76. The summed E-state index contributed by atoms with van der Waals surface area (Å²) >= 11 is 6.28. The van der Waals surface area contributed by atoms with Crippen molar-refractivity contribution >= 4 is 29.0 Å². The molecule has 1 aromatic rings. The summed E-state index contributed by atoms with van der Waals surface area (Å²) < 4.78 is 0. The number of rotatable bonds is 2. The Morgan fingerprint density at radius 1 is 1.29 bits per heavy atom. The van der Waals surface area contributed by atoms with Crippen molar-refractivity contribution in [1.82, 2.24) is 4.90 Å². The molecule has 1 aliphatic carbocycles. The first-order valence-corrected chi connectivity index (χ1v) is 8.96. The molecular weight excluding hydrogens is 324 g/mol. The number of amides is 2. The summed E-state index contributed by atoms with van der Waals surface area (Å²) in [4.78, 5) is 16.7. The van der Waals surface area contributed by atoms with Gasteiger partial charge in [0.15, 0.2) is 0 Å². The normalized spacial score (nSPS) is 28.6. The van der Waals surface area contributed by atoms with Gasteiger partial charge in [0.2, 0.25) is 0 Å². The lowest BCUT2D eigenvalue weighted by Gasteiger charge is -2.54. The second-order valence-electron chi connectivity index (χ2n) is 7.35. The van der Waals surface area contributed by atoms with Crippen LogP contribution < -0.4 is 10.2 Å². The highest BCUT2D eigenvalue weighted by Gasteiger charge is 2.46. The van der Waals surface area contributed by atoms with Crippen LogP contribution in [0.3, 0.4) is 0 Å². The quantitative estimate of drug-likeness (QED) is 0.889. The number of nitrogens with zero attached hydrogens (tertiary/aromatic N) is 3. The fourth-order valence-corrected chi connectivity index (χ4v) is 4.49. The number of fused-ring (bicyclic) bond motifs is 2. The largest absolute Gasteiger partial charge is 0.367 e. The first-order chi connectivity index (χ1) is 11.5. The van der Waals surface area contributed by atoms with Gasteiger partial charge in [-0.05, 0) is 43.4 Å². The number of nitrogens with one attached hydrogen (secondary N) is 1. The number of anilines is 2. The Morgan fingerprint density at radius 2 is 2.00 bits per heavy atom. The summed E-state index contributed by atoms with van der Waals surface area (Å²) in [7, 11) is 0. The Hall–Kier alpha value is -1.93. The van der Waals surface area contributed by atoms with Gasteiger partial charge < -0.3 is 15.1 Å². The van der Waals surface area contributed by atoms with E-state index in [0.29, 0.717) is 30.2 Å². The summed E-state index contributed by atoms with van der Waals surface area (Å²) in [5, 5.41) is 12.6. The molecule has 4 fully saturated rings. The van der Waals surface area contributed by atoms with Gasteiger partial charge >= 0.3 is 6.03 Å². The predicted molar refractivity (Wildman–Crippen MR) is 94.2 cm³/mol. The molecule has 6 heteroatoms. The van der Waals surface area contributed by atoms with E-state index in [-0.39, 0.29) is 11.9 Å². The van der Waals surface area contributed by atoms with Gasteiger partial charge in [0, 0.05) is 30.9 Å². The van der Waals surface area contributed by atoms with Crippen molar-refractivity contribution in [3.8, 4) is 6.07 Å². The Bertz CT molecular complexity index is 697. The van der Waals surface area contributed by atoms with E-state index >= 15 is 0 Å². The Kier molecular flexibility index (Phi) is 3.80. The van der Waals surface area contributed by atoms with E-state index in [9.17, 15) is 4.79 Å². The van der Waals surface area contributed by atoms with Crippen LogP contribution in [0.5, 0.6) is 0 Å². The number of nitriles is 1. The van der Waals surface area contributed by atoms with Gasteiger partial charge in [-0.15, -0.1) is 0 Å². The topological polar surface area (TPSA) is 59.4 Å². The Labute approximate surface area is 147 Å². The van der Waals surface area contributed by atoms with Crippen LogP contribution in [-0.2, 0) is 0 Å². The average molecular weight is 345 g/mol. The van der Waals surface area contributed by atoms with Crippen LogP contribution in [0.4, 0.5) is 16.2 Å². The highest BCUT2D eigenvalue weighted by atomic mass is 35.5. The maximum Gasteiger partial charge on any atom is 0.322 e. The highest BCUT2D eigenvalue weighted by Crippen LogP contribution is 2.41. The summed E-state index contributed by atoms with van der Waals surface area (Å²) in [5.74, 6) is 0.793. The third-order valence-corrected chi connectivity index (χ3v) is 5.84. The molecule has 2 bridgehead atoms. The van der Waals surface area contributed by atoms with Crippen LogP contribution in [0.2, 0.25) is 5.02 Å². The molecule has 0 spiro atoms. The number of hydrogen-bond acceptors (Lipinski definition) is 3. The molecule has 2 unspecified atom stereocenters. The zero-order chi connectivity index (χ0) is 16.8. The van der Waals surface area contributed by atoms with Crippen molar-refractivity contribution in [2.75, 3.05) is 23.3 Å². The molecule has 126 valence electrons. The molecule has 1 saturated carbocycles. The fraction of sp³-hybridized carbons (Fsp3) is 0.556. The third kappa shape index (κ3) is 2.59. The predicted octanol–water partition coefficient (Wildman–Crippen LogP) is 3.70. The van der Waals surface area contributed by atoms with Gasteiger partial charge in [0.05, 0.1) is 22.7 Å². The number of urea groups is 1. The summed E-state index contributed by atoms with van der Waals surface area (Å²) in [6, 6.07) is 8.61. The molecule has 2 amide bonds. The van der Waals surface area contributed by atoms with E-state index in [1.807, 2.05) is 23.1 Å². The standard InChI is InChI=1S/C18H21ClN4O/c1-11-4-14-7-15(5-11)23(14)18(24)21-13-2-3-16(19)17(6-13)22-9-12(8-20)10-22/h2-3,6,11-12,14-15H,4-5,7,9-10H2,1H3,(H,21,24). The Balaban J connectivity index is 1.44. The minimum Gasteiger partial charge on any atom is -0.367 e. The van der Waals surface area contributed by atoms with Crippen molar-refractivity contribution in [1.29, 1.82) is 5.26 Å². The molecule has 0 aromatic heterocycles. The summed E-state index contributed by atoms with van der Waals surface area (Å²) in [6.45, 7) is 3.66. The van der Waals surface area contributed by atoms with Crippen molar-refractivity contribution < 1.29 is 4.79 Å². The molecule has 3 saturated heterocycles. The number of piperidine rings is 1. The Morgan fingerprint density at radius 3 is 2.67 bits per heavy atom. The van der Waals surface area contributed by atoms with Gasteiger partial charge in [-0.2, -0.15) is 5.26 Å². The lowest BCUT2D eigenvalue weighted by atomic mass is 9.74. The molecule has 5 rings (SSSR count). The van der Waals surface area contributed by atoms with E-state index in [1.54, 1.807) is 0 Å². The van der Waals surface area contributed by atoms with Crippen LogP contribution in [0.25, 0.3) is 0 Å². The molecule has 0 radical (unpaired) electrons. The van der Waals surface area contributed by atoms with Gasteiger partial charge in [0.1, 0.15) is 0 Å². The number of halogens is 1. The van der Waals surface area contributed by atoms with E-state index in [0.717, 1.165) is 36.6 Å². The van der Waals surface area contributed by atoms with Gasteiger partial charge in [-0.3, -0.25) is 0 Å². The lowest BCUT2D eigenvalue weighted by molar-refractivity contribution is -0.00600.